The van der Waals surface area contributed by atoms with E-state index in [-0.39, 0.29) is 41.1 Å². The van der Waals surface area contributed by atoms with Crippen LogP contribution in [0.1, 0.15) is 5.48 Å². The first-order valence-electron chi connectivity index (χ1n) is 18.5. The van der Waals surface area contributed by atoms with E-state index in [9.17, 15) is 1.37 Å². The maximum Gasteiger partial charge on any atom is 0.164 e. The van der Waals surface area contributed by atoms with Crippen molar-refractivity contribution in [2.24, 2.45) is 0 Å². The zero-order valence-electron chi connectivity index (χ0n) is 30.9. The van der Waals surface area contributed by atoms with Crippen LogP contribution in [0.2, 0.25) is 0 Å². The molecule has 1 heterocycles. The van der Waals surface area contributed by atoms with Gasteiger partial charge in [-0.2, -0.15) is 0 Å². The lowest BCUT2D eigenvalue weighted by atomic mass is 9.91. The summed E-state index contributed by atoms with van der Waals surface area (Å²) in [6, 6.07) is 53.4. The average Bonchev–Trinajstić information content (AvgIpc) is 3.23. The molecule has 0 radical (unpaired) electrons. The minimum atomic E-state index is -0.292. The molecule has 0 aliphatic heterocycles. The number of fused-ring (bicyclic) bond motifs is 2. The van der Waals surface area contributed by atoms with Crippen molar-refractivity contribution in [1.29, 1.82) is 0 Å². The molecule has 1 aromatic heterocycles. The van der Waals surface area contributed by atoms with Crippen LogP contribution in [-0.4, -0.2) is 15.0 Å². The Labute approximate surface area is 296 Å². The Kier molecular flexibility index (Phi) is 6.44. The summed E-state index contributed by atoms with van der Waals surface area (Å²) in [4.78, 5) is 14.7. The standard InChI is InChI=1S/C47H31N3/c1-3-14-32(15-4-1)41-28-29-42(44-26-10-9-25-43(41)44)36-21-12-23-38(31-36)47-49-45(34-17-5-2-6-18-34)48-46(50-47)37-22-11-20-35(30-37)40-27-13-19-33-16-7-8-24-39(33)40/h1-31H/i11D,20D,22D,30D. The van der Waals surface area contributed by atoms with Gasteiger partial charge in [-0.25, -0.2) is 15.0 Å². The molecule has 0 amide bonds. The normalized spacial score (nSPS) is 12.3. The third kappa shape index (κ3) is 5.51. The van der Waals surface area contributed by atoms with Gasteiger partial charge < -0.3 is 0 Å². The number of hydrogen-bond donors (Lipinski definition) is 0. The van der Waals surface area contributed by atoms with Crippen LogP contribution in [0.5, 0.6) is 0 Å². The van der Waals surface area contributed by atoms with E-state index in [1.807, 2.05) is 91.0 Å². The Morgan fingerprint density at radius 3 is 1.56 bits per heavy atom. The summed E-state index contributed by atoms with van der Waals surface area (Å²) < 4.78 is 36.4. The highest BCUT2D eigenvalue weighted by Crippen LogP contribution is 2.37. The van der Waals surface area contributed by atoms with Crippen molar-refractivity contribution in [3.05, 3.63) is 188 Å². The van der Waals surface area contributed by atoms with Gasteiger partial charge in [0.1, 0.15) is 0 Å². The minimum Gasteiger partial charge on any atom is -0.208 e. The molecular weight excluding hydrogens is 607 g/mol. The van der Waals surface area contributed by atoms with Gasteiger partial charge in [-0.3, -0.25) is 0 Å². The molecule has 9 aromatic rings. The maximum absolute atomic E-state index is 9.50. The molecule has 0 N–H and O–H groups in total. The Balaban J connectivity index is 1.24. The highest BCUT2D eigenvalue weighted by molar-refractivity contribution is 6.05. The molecule has 50 heavy (non-hydrogen) atoms. The van der Waals surface area contributed by atoms with Crippen molar-refractivity contribution in [3.63, 3.8) is 0 Å². The zero-order valence-corrected chi connectivity index (χ0v) is 26.9. The molecule has 0 spiro atoms. The maximum atomic E-state index is 9.50. The highest BCUT2D eigenvalue weighted by atomic mass is 15.0. The van der Waals surface area contributed by atoms with Gasteiger partial charge in [-0.1, -0.05) is 176 Å². The number of rotatable bonds is 6. The van der Waals surface area contributed by atoms with E-state index in [4.69, 9.17) is 19.1 Å². The van der Waals surface area contributed by atoms with Gasteiger partial charge >= 0.3 is 0 Å². The van der Waals surface area contributed by atoms with Crippen molar-refractivity contribution < 1.29 is 5.48 Å². The lowest BCUT2D eigenvalue weighted by Gasteiger charge is -2.13. The second-order valence-electron chi connectivity index (χ2n) is 12.1. The molecule has 0 atom stereocenters. The molecule has 0 aliphatic carbocycles. The fourth-order valence-electron chi connectivity index (χ4n) is 6.61. The van der Waals surface area contributed by atoms with Gasteiger partial charge in [-0.05, 0) is 67.0 Å². The van der Waals surface area contributed by atoms with Crippen LogP contribution in [0.4, 0.5) is 0 Å². The largest absolute Gasteiger partial charge is 0.208 e. The van der Waals surface area contributed by atoms with Crippen LogP contribution >= 0.6 is 0 Å². The summed E-state index contributed by atoms with van der Waals surface area (Å²) in [7, 11) is 0. The number of aromatic nitrogens is 3. The third-order valence-corrected chi connectivity index (χ3v) is 9.02. The Bertz CT molecular complexity index is 2870. The van der Waals surface area contributed by atoms with E-state index in [2.05, 4.69) is 72.8 Å². The summed E-state index contributed by atoms with van der Waals surface area (Å²) in [6.07, 6.45) is 0. The summed E-state index contributed by atoms with van der Waals surface area (Å²) >= 11 is 0. The molecule has 0 aliphatic rings. The van der Waals surface area contributed by atoms with Crippen LogP contribution in [0.25, 0.3) is 89.1 Å². The second kappa shape index (κ2) is 12.7. The van der Waals surface area contributed by atoms with E-state index in [1.165, 1.54) is 0 Å². The quantitative estimate of drug-likeness (QED) is 0.181. The van der Waals surface area contributed by atoms with Crippen LogP contribution in [0.15, 0.2) is 188 Å². The van der Waals surface area contributed by atoms with E-state index in [1.54, 1.807) is 0 Å². The lowest BCUT2D eigenvalue weighted by Crippen LogP contribution is -2.00. The molecule has 0 saturated heterocycles. The van der Waals surface area contributed by atoms with Crippen molar-refractivity contribution in [2.75, 3.05) is 0 Å². The molecule has 3 nitrogen and oxygen atoms in total. The summed E-state index contributed by atoms with van der Waals surface area (Å²) in [5.74, 6) is 0.857. The molecule has 8 aromatic carbocycles. The van der Waals surface area contributed by atoms with E-state index < -0.39 is 0 Å². The van der Waals surface area contributed by atoms with Crippen LogP contribution in [-0.2, 0) is 0 Å². The lowest BCUT2D eigenvalue weighted by molar-refractivity contribution is 1.07. The molecule has 234 valence electrons. The Morgan fingerprint density at radius 2 is 0.820 bits per heavy atom. The van der Waals surface area contributed by atoms with Crippen LogP contribution in [0, 0.1) is 0 Å². The van der Waals surface area contributed by atoms with Gasteiger partial charge in [0.05, 0.1) is 5.48 Å². The van der Waals surface area contributed by atoms with Gasteiger partial charge in [0, 0.05) is 16.7 Å². The third-order valence-electron chi connectivity index (χ3n) is 9.02. The average molecular weight is 642 g/mol. The summed E-state index contributed by atoms with van der Waals surface area (Å²) in [6.45, 7) is 0. The first kappa shape index (κ1) is 25.3. The molecule has 3 heteroatoms. The SMILES string of the molecule is [2H]c1c([2H])c(-c2nc(-c3ccccc3)nc(-c3cccc(-c4ccc(-c5ccccc5)c5ccccc45)c3)n2)c([2H])c(-c2cccc3ccccc23)c1[2H]. The smallest absolute Gasteiger partial charge is 0.164 e. The number of benzene rings is 8. The van der Waals surface area contributed by atoms with Crippen molar-refractivity contribution in [3.8, 4) is 67.5 Å². The molecule has 9 rings (SSSR count). The van der Waals surface area contributed by atoms with E-state index in [0.717, 1.165) is 54.9 Å². The van der Waals surface area contributed by atoms with Crippen LogP contribution < -0.4 is 0 Å². The molecular formula is C47H31N3. The van der Waals surface area contributed by atoms with Crippen LogP contribution in [0.3, 0.4) is 0 Å². The first-order chi connectivity index (χ1) is 26.5. The number of hydrogen-bond acceptors (Lipinski definition) is 3. The number of nitrogens with zero attached hydrogens (tertiary/aromatic N) is 3. The molecule has 0 unspecified atom stereocenters. The van der Waals surface area contributed by atoms with E-state index >= 15 is 0 Å². The molecule has 0 saturated carbocycles. The first-order valence-corrected chi connectivity index (χ1v) is 16.5. The minimum absolute atomic E-state index is 0.0766. The topological polar surface area (TPSA) is 38.7 Å². The predicted octanol–water partition coefficient (Wildman–Crippen LogP) is 12.2. The monoisotopic (exact) mass is 641 g/mol. The van der Waals surface area contributed by atoms with E-state index in [0.29, 0.717) is 17.2 Å². The van der Waals surface area contributed by atoms with Gasteiger partial charge in [0.25, 0.3) is 0 Å². The van der Waals surface area contributed by atoms with Crippen molar-refractivity contribution >= 4 is 21.5 Å². The summed E-state index contributed by atoms with van der Waals surface area (Å²) in [5, 5.41) is 4.08. The van der Waals surface area contributed by atoms with Gasteiger partial charge in [-0.15, -0.1) is 0 Å². The summed E-state index contributed by atoms with van der Waals surface area (Å²) in [5.41, 5.74) is 6.84. The molecule has 0 fully saturated rings. The predicted molar refractivity (Wildman–Crippen MR) is 207 cm³/mol. The fourth-order valence-corrected chi connectivity index (χ4v) is 6.61. The fraction of sp³-hybridized carbons (Fsp3) is 0. The molecule has 0 bridgehead atoms. The zero-order chi connectivity index (χ0) is 36.8. The van der Waals surface area contributed by atoms with Gasteiger partial charge in [0.15, 0.2) is 17.5 Å². The van der Waals surface area contributed by atoms with Crippen molar-refractivity contribution in [1.82, 2.24) is 15.0 Å². The van der Waals surface area contributed by atoms with Gasteiger partial charge in [0.2, 0.25) is 0 Å². The second-order valence-corrected chi connectivity index (χ2v) is 12.1. The Morgan fingerprint density at radius 1 is 0.340 bits per heavy atom. The Hall–Kier alpha value is -6.71. The highest BCUT2D eigenvalue weighted by Gasteiger charge is 2.15. The van der Waals surface area contributed by atoms with Crippen molar-refractivity contribution in [2.45, 2.75) is 0 Å².